The molecular formula is C17H33NO. The summed E-state index contributed by atoms with van der Waals surface area (Å²) in [6.07, 6.45) is 10.3. The fourth-order valence-corrected chi connectivity index (χ4v) is 3.33. The van der Waals surface area contributed by atoms with Crippen molar-refractivity contribution >= 4 is 5.78 Å². The highest BCUT2D eigenvalue weighted by molar-refractivity contribution is 5.80. The van der Waals surface area contributed by atoms with E-state index < -0.39 is 0 Å². The number of hydrogen-bond acceptors (Lipinski definition) is 2. The molecule has 1 unspecified atom stereocenters. The maximum absolute atomic E-state index is 12.4. The van der Waals surface area contributed by atoms with Gasteiger partial charge in [0.1, 0.15) is 5.78 Å². The number of ketones is 1. The summed E-state index contributed by atoms with van der Waals surface area (Å²) in [6.45, 7) is 7.54. The Bertz CT molecular complexity index is 259. The van der Waals surface area contributed by atoms with Gasteiger partial charge in [-0.3, -0.25) is 4.79 Å². The van der Waals surface area contributed by atoms with Gasteiger partial charge < -0.3 is 5.73 Å². The minimum absolute atomic E-state index is 0.267. The van der Waals surface area contributed by atoms with Crippen LogP contribution in [0.1, 0.15) is 78.6 Å². The monoisotopic (exact) mass is 267 g/mol. The van der Waals surface area contributed by atoms with Crippen LogP contribution in [0.4, 0.5) is 0 Å². The molecule has 2 N–H and O–H groups in total. The van der Waals surface area contributed by atoms with Gasteiger partial charge in [0.2, 0.25) is 0 Å². The summed E-state index contributed by atoms with van der Waals surface area (Å²) in [5.74, 6) is 1.46. The van der Waals surface area contributed by atoms with Crippen LogP contribution in [0, 0.1) is 17.3 Å². The Balaban J connectivity index is 2.42. The molecule has 0 amide bonds. The Hall–Kier alpha value is -0.370. The zero-order chi connectivity index (χ0) is 14.3. The molecule has 0 heterocycles. The van der Waals surface area contributed by atoms with Crippen molar-refractivity contribution in [2.24, 2.45) is 23.0 Å². The molecule has 2 heteroatoms. The molecule has 0 aromatic rings. The average molecular weight is 267 g/mol. The van der Waals surface area contributed by atoms with Gasteiger partial charge in [0.25, 0.3) is 0 Å². The van der Waals surface area contributed by atoms with Crippen molar-refractivity contribution in [3.63, 3.8) is 0 Å². The summed E-state index contributed by atoms with van der Waals surface area (Å²) in [6, 6.07) is 0. The number of rotatable bonds is 6. The Morgan fingerprint density at radius 2 is 1.68 bits per heavy atom. The molecule has 1 aliphatic carbocycles. The van der Waals surface area contributed by atoms with Gasteiger partial charge >= 0.3 is 0 Å². The highest BCUT2D eigenvalue weighted by Gasteiger charge is 2.26. The quantitative estimate of drug-likeness (QED) is 0.728. The molecule has 0 aromatic carbocycles. The molecule has 1 aliphatic rings. The second kappa shape index (κ2) is 8.04. The van der Waals surface area contributed by atoms with Crippen molar-refractivity contribution in [1.29, 1.82) is 0 Å². The van der Waals surface area contributed by atoms with Gasteiger partial charge in [-0.25, -0.2) is 0 Å². The van der Waals surface area contributed by atoms with Crippen LogP contribution in [-0.2, 0) is 4.79 Å². The van der Waals surface area contributed by atoms with E-state index in [0.717, 1.165) is 38.6 Å². The first-order valence-electron chi connectivity index (χ1n) is 8.18. The van der Waals surface area contributed by atoms with Crippen molar-refractivity contribution in [1.82, 2.24) is 0 Å². The van der Waals surface area contributed by atoms with Crippen LogP contribution >= 0.6 is 0 Å². The second-order valence-electron chi connectivity index (χ2n) is 7.33. The second-order valence-corrected chi connectivity index (χ2v) is 7.33. The molecule has 19 heavy (non-hydrogen) atoms. The zero-order valence-corrected chi connectivity index (χ0v) is 13.2. The maximum atomic E-state index is 12.4. The lowest BCUT2D eigenvalue weighted by Crippen LogP contribution is -2.25. The highest BCUT2D eigenvalue weighted by Crippen LogP contribution is 2.33. The van der Waals surface area contributed by atoms with E-state index in [1.165, 1.54) is 25.7 Å². The summed E-state index contributed by atoms with van der Waals surface area (Å²) in [5.41, 5.74) is 5.98. The maximum Gasteiger partial charge on any atom is 0.135 e. The lowest BCUT2D eigenvalue weighted by molar-refractivity contribution is -0.123. The van der Waals surface area contributed by atoms with Crippen LogP contribution < -0.4 is 5.73 Å². The molecule has 0 bridgehead atoms. The summed E-state index contributed by atoms with van der Waals surface area (Å²) in [4.78, 5) is 12.4. The highest BCUT2D eigenvalue weighted by atomic mass is 16.1. The van der Waals surface area contributed by atoms with Crippen molar-refractivity contribution in [3.05, 3.63) is 0 Å². The van der Waals surface area contributed by atoms with Crippen molar-refractivity contribution in [2.45, 2.75) is 78.6 Å². The van der Waals surface area contributed by atoms with Gasteiger partial charge in [0, 0.05) is 12.3 Å². The molecule has 0 saturated heterocycles. The third kappa shape index (κ3) is 6.07. The topological polar surface area (TPSA) is 43.1 Å². The molecule has 1 atom stereocenters. The van der Waals surface area contributed by atoms with Gasteiger partial charge in [-0.05, 0) is 43.6 Å². The van der Waals surface area contributed by atoms with Crippen LogP contribution in [0.3, 0.4) is 0 Å². The number of carbonyl (C=O) groups is 1. The van der Waals surface area contributed by atoms with Gasteiger partial charge in [0.05, 0.1) is 0 Å². The lowest BCUT2D eigenvalue weighted by Gasteiger charge is -2.30. The van der Waals surface area contributed by atoms with E-state index in [9.17, 15) is 4.79 Å². The molecule has 0 aliphatic heterocycles. The minimum Gasteiger partial charge on any atom is -0.330 e. The van der Waals surface area contributed by atoms with Crippen LogP contribution in [0.15, 0.2) is 0 Å². The third-order valence-electron chi connectivity index (χ3n) is 4.79. The van der Waals surface area contributed by atoms with Crippen LogP contribution in [-0.4, -0.2) is 12.3 Å². The van der Waals surface area contributed by atoms with E-state index in [2.05, 4.69) is 20.8 Å². The van der Waals surface area contributed by atoms with E-state index in [1.807, 2.05) is 0 Å². The SMILES string of the molecule is CC(C)(C)C(CCN)CCC(=O)C1CCCCCC1. The standard InChI is InChI=1S/C17H33NO/c1-17(2,3)15(12-13-18)10-11-16(19)14-8-6-4-5-7-9-14/h14-15H,4-13,18H2,1-3H3. The predicted octanol–water partition coefficient (Wildman–Crippen LogP) is 4.32. The number of carbonyl (C=O) groups excluding carboxylic acids is 1. The molecule has 0 spiro atoms. The Labute approximate surface area is 119 Å². The van der Waals surface area contributed by atoms with Gasteiger partial charge in [-0.1, -0.05) is 46.5 Å². The minimum atomic E-state index is 0.267. The van der Waals surface area contributed by atoms with Gasteiger partial charge in [-0.15, -0.1) is 0 Å². The van der Waals surface area contributed by atoms with Crippen LogP contribution in [0.2, 0.25) is 0 Å². The summed E-state index contributed by atoms with van der Waals surface area (Å²) in [5, 5.41) is 0. The van der Waals surface area contributed by atoms with Crippen molar-refractivity contribution < 1.29 is 4.79 Å². The molecule has 1 fully saturated rings. The predicted molar refractivity (Wildman–Crippen MR) is 82.0 cm³/mol. The summed E-state index contributed by atoms with van der Waals surface area (Å²) < 4.78 is 0. The number of nitrogens with two attached hydrogens (primary N) is 1. The average Bonchev–Trinajstić information content (AvgIpc) is 2.61. The largest absolute Gasteiger partial charge is 0.330 e. The molecule has 0 radical (unpaired) electrons. The smallest absolute Gasteiger partial charge is 0.135 e. The lowest BCUT2D eigenvalue weighted by atomic mass is 9.75. The van der Waals surface area contributed by atoms with E-state index in [0.29, 0.717) is 17.6 Å². The first-order valence-corrected chi connectivity index (χ1v) is 8.18. The molecule has 0 aromatic heterocycles. The molecule has 1 saturated carbocycles. The summed E-state index contributed by atoms with van der Waals surface area (Å²) >= 11 is 0. The van der Waals surface area contributed by atoms with Crippen LogP contribution in [0.5, 0.6) is 0 Å². The Morgan fingerprint density at radius 3 is 2.16 bits per heavy atom. The Morgan fingerprint density at radius 1 is 1.11 bits per heavy atom. The van der Waals surface area contributed by atoms with E-state index in [4.69, 9.17) is 5.73 Å². The molecular weight excluding hydrogens is 234 g/mol. The van der Waals surface area contributed by atoms with E-state index in [-0.39, 0.29) is 5.41 Å². The molecule has 1 rings (SSSR count). The fraction of sp³-hybridized carbons (Fsp3) is 0.941. The zero-order valence-electron chi connectivity index (χ0n) is 13.2. The van der Waals surface area contributed by atoms with Crippen molar-refractivity contribution in [3.8, 4) is 0 Å². The first kappa shape index (κ1) is 16.7. The third-order valence-corrected chi connectivity index (χ3v) is 4.79. The fourth-order valence-electron chi connectivity index (χ4n) is 3.33. The number of hydrogen-bond donors (Lipinski definition) is 1. The Kier molecular flexibility index (Phi) is 7.06. The van der Waals surface area contributed by atoms with Crippen LogP contribution in [0.25, 0.3) is 0 Å². The first-order chi connectivity index (χ1) is 8.95. The van der Waals surface area contributed by atoms with E-state index >= 15 is 0 Å². The van der Waals surface area contributed by atoms with Gasteiger partial charge in [-0.2, -0.15) is 0 Å². The number of Topliss-reactive ketones (excluding diaryl/α,β-unsaturated/α-hetero) is 1. The normalized spacial score (nSPS) is 20.0. The summed E-state index contributed by atoms with van der Waals surface area (Å²) in [7, 11) is 0. The molecule has 2 nitrogen and oxygen atoms in total. The van der Waals surface area contributed by atoms with Crippen molar-refractivity contribution in [2.75, 3.05) is 6.54 Å². The van der Waals surface area contributed by atoms with E-state index in [1.54, 1.807) is 0 Å². The van der Waals surface area contributed by atoms with Gasteiger partial charge in [0.15, 0.2) is 0 Å². The molecule has 112 valence electrons.